The summed E-state index contributed by atoms with van der Waals surface area (Å²) in [7, 11) is 0.0732. The van der Waals surface area contributed by atoms with E-state index in [1.54, 1.807) is 31.2 Å². The minimum Gasteiger partial charge on any atom is -0.312 e. The molecule has 1 aromatic carbocycles. The molecule has 1 unspecified atom stereocenters. The van der Waals surface area contributed by atoms with Crippen LogP contribution < -0.4 is 0 Å². The van der Waals surface area contributed by atoms with Gasteiger partial charge >= 0.3 is 18.0 Å². The molecular formula is C18H14F7N3OS. The Morgan fingerprint density at radius 1 is 1.07 bits per heavy atom. The normalized spacial score (nSPS) is 14.3. The largest absolute Gasteiger partial charge is 0.460 e. The van der Waals surface area contributed by atoms with Gasteiger partial charge in [-0.15, -0.1) is 0 Å². The Hall–Kier alpha value is -2.50. The molecule has 0 aliphatic heterocycles. The van der Waals surface area contributed by atoms with Gasteiger partial charge in [-0.25, -0.2) is 9.97 Å². The molecule has 0 N–H and O–H groups in total. The van der Waals surface area contributed by atoms with Gasteiger partial charge in [0.05, 0.1) is 10.8 Å². The van der Waals surface area contributed by atoms with Gasteiger partial charge in [0.25, 0.3) is 0 Å². The molecule has 2 aromatic heterocycles. The highest BCUT2D eigenvalue weighted by atomic mass is 32.2. The molecule has 0 aliphatic carbocycles. The zero-order valence-corrected chi connectivity index (χ0v) is 16.3. The summed E-state index contributed by atoms with van der Waals surface area (Å²) in [5.74, 6) is -11.4. The van der Waals surface area contributed by atoms with Crippen molar-refractivity contribution in [1.29, 1.82) is 0 Å². The topological polar surface area (TPSA) is 47.8 Å². The lowest BCUT2D eigenvalue weighted by molar-refractivity contribution is -0.359. The average Bonchev–Trinajstić information content (AvgIpc) is 3.02. The third-order valence-corrected chi connectivity index (χ3v) is 5.83. The molecule has 0 aliphatic rings. The first-order valence-electron chi connectivity index (χ1n) is 8.46. The highest BCUT2D eigenvalue weighted by Gasteiger charge is 2.73. The molecule has 0 amide bonds. The van der Waals surface area contributed by atoms with Gasteiger partial charge in [-0.05, 0) is 12.1 Å². The van der Waals surface area contributed by atoms with Crippen LogP contribution in [0.1, 0.15) is 12.5 Å². The molecule has 3 rings (SSSR count). The predicted octanol–water partition coefficient (Wildman–Crippen LogP) is 5.05. The van der Waals surface area contributed by atoms with Crippen molar-refractivity contribution in [1.82, 2.24) is 14.5 Å². The van der Waals surface area contributed by atoms with Crippen LogP contribution in [0.4, 0.5) is 30.7 Å². The van der Waals surface area contributed by atoms with Crippen LogP contribution in [0, 0.1) is 0 Å². The van der Waals surface area contributed by atoms with Gasteiger partial charge in [-0.2, -0.15) is 30.7 Å². The maximum absolute atomic E-state index is 14.0. The molecule has 0 spiro atoms. The van der Waals surface area contributed by atoms with Gasteiger partial charge in [0.2, 0.25) is 0 Å². The van der Waals surface area contributed by atoms with E-state index in [9.17, 15) is 34.9 Å². The lowest BCUT2D eigenvalue weighted by Gasteiger charge is -2.28. The third kappa shape index (κ3) is 3.36. The van der Waals surface area contributed by atoms with E-state index in [4.69, 9.17) is 0 Å². The number of hydrogen-bond donors (Lipinski definition) is 0. The van der Waals surface area contributed by atoms with Crippen molar-refractivity contribution in [2.24, 2.45) is 7.05 Å². The van der Waals surface area contributed by atoms with Crippen molar-refractivity contribution in [2.45, 2.75) is 29.8 Å². The van der Waals surface area contributed by atoms with Crippen LogP contribution in [-0.4, -0.2) is 36.6 Å². The highest BCUT2D eigenvalue weighted by molar-refractivity contribution is 7.85. The molecular weight excluding hydrogens is 439 g/mol. The minimum atomic E-state index is -6.45. The molecule has 0 saturated carbocycles. The van der Waals surface area contributed by atoms with Crippen LogP contribution in [0.25, 0.3) is 22.6 Å². The zero-order chi connectivity index (χ0) is 22.5. The fourth-order valence-electron chi connectivity index (χ4n) is 2.85. The summed E-state index contributed by atoms with van der Waals surface area (Å²) >= 11 is 0. The van der Waals surface area contributed by atoms with E-state index in [1.807, 2.05) is 0 Å². The fourth-order valence-corrected chi connectivity index (χ4v) is 3.80. The second-order valence-corrected chi connectivity index (χ2v) is 8.05. The van der Waals surface area contributed by atoms with Crippen LogP contribution in [0.3, 0.4) is 0 Å². The molecule has 162 valence electrons. The first-order chi connectivity index (χ1) is 13.8. The van der Waals surface area contributed by atoms with Crippen LogP contribution in [0.15, 0.2) is 41.4 Å². The number of pyridine rings is 1. The Labute approximate surface area is 168 Å². The second-order valence-electron chi connectivity index (χ2n) is 6.34. The monoisotopic (exact) mass is 453 g/mol. The van der Waals surface area contributed by atoms with E-state index in [2.05, 4.69) is 9.97 Å². The quantitative estimate of drug-likeness (QED) is 0.508. The summed E-state index contributed by atoms with van der Waals surface area (Å²) in [6.45, 7) is 1.69. The Balaban J connectivity index is 2.17. The first kappa shape index (κ1) is 22.2. The van der Waals surface area contributed by atoms with Crippen molar-refractivity contribution in [3.63, 3.8) is 0 Å². The van der Waals surface area contributed by atoms with Gasteiger partial charge in [0.1, 0.15) is 11.3 Å². The predicted molar refractivity (Wildman–Crippen MR) is 95.8 cm³/mol. The summed E-state index contributed by atoms with van der Waals surface area (Å²) in [5.41, 5.74) is -1.55. The number of aryl methyl sites for hydroxylation is 1. The van der Waals surface area contributed by atoms with E-state index in [1.165, 1.54) is 11.6 Å². The lowest BCUT2D eigenvalue weighted by atomic mass is 10.0. The molecule has 3 aromatic rings. The fraction of sp³-hybridized carbons (Fsp3) is 0.333. The molecule has 0 radical (unpaired) electrons. The number of aromatic nitrogens is 3. The van der Waals surface area contributed by atoms with Crippen molar-refractivity contribution in [2.75, 3.05) is 5.75 Å². The third-order valence-electron chi connectivity index (χ3n) is 4.46. The molecule has 1 atom stereocenters. The van der Waals surface area contributed by atoms with Crippen LogP contribution in [-0.2, 0) is 23.8 Å². The van der Waals surface area contributed by atoms with Gasteiger partial charge in [-0.1, -0.05) is 25.1 Å². The molecule has 12 heteroatoms. The number of imidazole rings is 1. The van der Waals surface area contributed by atoms with Crippen LogP contribution in [0.2, 0.25) is 0 Å². The summed E-state index contributed by atoms with van der Waals surface area (Å²) in [5, 5.41) is 0. The zero-order valence-electron chi connectivity index (χ0n) is 15.5. The van der Waals surface area contributed by atoms with Gasteiger partial charge in [-0.3, -0.25) is 4.21 Å². The van der Waals surface area contributed by atoms with Gasteiger partial charge in [0, 0.05) is 35.0 Å². The number of nitrogens with zero attached hydrogens (tertiary/aromatic N) is 3. The van der Waals surface area contributed by atoms with E-state index in [-0.39, 0.29) is 23.2 Å². The molecule has 0 bridgehead atoms. The standard InChI is InChI=1S/C18H14F7N3OS/c1-3-30(29)13-7-5-4-6-11(13)14-27-12-8-10(9-26-15(12)28(14)2)16(19,20)17(21,22)18(23,24)25/h4-9H,3H2,1-2H3. The van der Waals surface area contributed by atoms with Crippen LogP contribution >= 0.6 is 0 Å². The average molecular weight is 453 g/mol. The molecule has 2 heterocycles. The van der Waals surface area contributed by atoms with E-state index in [0.717, 1.165) is 0 Å². The SMILES string of the molecule is CCS(=O)c1ccccc1-c1nc2cc(C(F)(F)C(F)(F)C(F)(F)F)cnc2n1C. The van der Waals surface area contributed by atoms with Crippen LogP contribution in [0.5, 0.6) is 0 Å². The highest BCUT2D eigenvalue weighted by Crippen LogP contribution is 2.51. The number of benzene rings is 1. The number of fused-ring (bicyclic) bond motifs is 1. The molecule has 0 saturated heterocycles. The number of hydrogen-bond acceptors (Lipinski definition) is 3. The molecule has 0 fully saturated rings. The first-order valence-corrected chi connectivity index (χ1v) is 9.78. The Morgan fingerprint density at radius 2 is 1.70 bits per heavy atom. The summed E-state index contributed by atoms with van der Waals surface area (Å²) < 4.78 is 106. The molecule has 30 heavy (non-hydrogen) atoms. The summed E-state index contributed by atoms with van der Waals surface area (Å²) in [6.07, 6.45) is -6.19. The van der Waals surface area contributed by atoms with Crippen molar-refractivity contribution in [3.05, 3.63) is 42.1 Å². The lowest BCUT2D eigenvalue weighted by Crippen LogP contribution is -2.50. The maximum atomic E-state index is 14.0. The number of rotatable bonds is 5. The van der Waals surface area contributed by atoms with Crippen molar-refractivity contribution in [3.8, 4) is 11.4 Å². The maximum Gasteiger partial charge on any atom is 0.460 e. The van der Waals surface area contributed by atoms with E-state index < -0.39 is 34.4 Å². The number of halogens is 7. The summed E-state index contributed by atoms with van der Waals surface area (Å²) in [4.78, 5) is 8.12. The second kappa shape index (κ2) is 7.33. The Bertz CT molecular complexity index is 1120. The minimum absolute atomic E-state index is 0.0167. The van der Waals surface area contributed by atoms with Gasteiger partial charge < -0.3 is 4.57 Å². The smallest absolute Gasteiger partial charge is 0.312 e. The van der Waals surface area contributed by atoms with Gasteiger partial charge in [0.15, 0.2) is 5.65 Å². The number of alkyl halides is 7. The van der Waals surface area contributed by atoms with Crippen molar-refractivity contribution < 1.29 is 34.9 Å². The van der Waals surface area contributed by atoms with E-state index >= 15 is 0 Å². The summed E-state index contributed by atoms with van der Waals surface area (Å²) in [6, 6.07) is 6.89. The molecule has 4 nitrogen and oxygen atoms in total. The Morgan fingerprint density at radius 3 is 2.30 bits per heavy atom. The Kier molecular flexibility index (Phi) is 5.42. The van der Waals surface area contributed by atoms with Crippen molar-refractivity contribution >= 4 is 22.0 Å². The van der Waals surface area contributed by atoms with E-state index in [0.29, 0.717) is 22.3 Å².